The van der Waals surface area contributed by atoms with E-state index in [0.717, 1.165) is 17.1 Å². The van der Waals surface area contributed by atoms with Crippen LogP contribution >= 0.6 is 11.3 Å². The van der Waals surface area contributed by atoms with Gasteiger partial charge in [-0.2, -0.15) is 5.10 Å². The van der Waals surface area contributed by atoms with Crippen LogP contribution in [0.5, 0.6) is 0 Å². The topological polar surface area (TPSA) is 41.6 Å². The van der Waals surface area contributed by atoms with Crippen molar-refractivity contribution < 1.29 is 0 Å². The van der Waals surface area contributed by atoms with Gasteiger partial charge in [0.1, 0.15) is 6.33 Å². The SMILES string of the molecule is CCc1ccc(-c2ncn[nH]2)s1. The van der Waals surface area contributed by atoms with E-state index in [1.165, 1.54) is 11.2 Å². The van der Waals surface area contributed by atoms with Crippen molar-refractivity contribution in [2.75, 3.05) is 0 Å². The summed E-state index contributed by atoms with van der Waals surface area (Å²) in [7, 11) is 0. The van der Waals surface area contributed by atoms with Gasteiger partial charge in [0.05, 0.1) is 4.88 Å². The number of aromatic amines is 1. The standard InChI is InChI=1S/C8H9N3S/c1-2-6-3-4-7(12-6)8-9-5-10-11-8/h3-5H,2H2,1H3,(H,9,10,11). The Morgan fingerprint density at radius 1 is 1.50 bits per heavy atom. The second kappa shape index (κ2) is 3.06. The van der Waals surface area contributed by atoms with Gasteiger partial charge in [0, 0.05) is 4.88 Å². The molecule has 2 aromatic rings. The Hall–Kier alpha value is -1.16. The summed E-state index contributed by atoms with van der Waals surface area (Å²) < 4.78 is 0. The van der Waals surface area contributed by atoms with Gasteiger partial charge >= 0.3 is 0 Å². The zero-order valence-electron chi connectivity index (χ0n) is 6.74. The van der Waals surface area contributed by atoms with Crippen LogP contribution in [0.4, 0.5) is 0 Å². The molecule has 4 heteroatoms. The molecule has 3 nitrogen and oxygen atoms in total. The molecule has 1 N–H and O–H groups in total. The van der Waals surface area contributed by atoms with E-state index in [-0.39, 0.29) is 0 Å². The van der Waals surface area contributed by atoms with Gasteiger partial charge < -0.3 is 0 Å². The highest BCUT2D eigenvalue weighted by atomic mass is 32.1. The molecule has 12 heavy (non-hydrogen) atoms. The van der Waals surface area contributed by atoms with Crippen LogP contribution in [-0.4, -0.2) is 15.2 Å². The van der Waals surface area contributed by atoms with Crippen molar-refractivity contribution in [3.05, 3.63) is 23.3 Å². The largest absolute Gasteiger partial charge is 0.259 e. The fraction of sp³-hybridized carbons (Fsp3) is 0.250. The highest BCUT2D eigenvalue weighted by molar-refractivity contribution is 7.15. The van der Waals surface area contributed by atoms with E-state index < -0.39 is 0 Å². The molecule has 0 unspecified atom stereocenters. The van der Waals surface area contributed by atoms with Crippen LogP contribution in [-0.2, 0) is 6.42 Å². The monoisotopic (exact) mass is 179 g/mol. The lowest BCUT2D eigenvalue weighted by atomic mass is 10.3. The van der Waals surface area contributed by atoms with E-state index in [0.29, 0.717) is 0 Å². The summed E-state index contributed by atoms with van der Waals surface area (Å²) in [5.41, 5.74) is 0. The third-order valence-corrected chi connectivity index (χ3v) is 2.89. The smallest absolute Gasteiger partial charge is 0.165 e. The summed E-state index contributed by atoms with van der Waals surface area (Å²) >= 11 is 1.76. The number of hydrogen-bond acceptors (Lipinski definition) is 3. The number of H-pyrrole nitrogens is 1. The summed E-state index contributed by atoms with van der Waals surface area (Å²) in [6.45, 7) is 2.15. The molecule has 0 aliphatic carbocycles. The van der Waals surface area contributed by atoms with Crippen LogP contribution in [0, 0.1) is 0 Å². The van der Waals surface area contributed by atoms with E-state index in [1.54, 1.807) is 11.3 Å². The lowest BCUT2D eigenvalue weighted by molar-refractivity contribution is 1.10. The van der Waals surface area contributed by atoms with Crippen LogP contribution in [0.1, 0.15) is 11.8 Å². The average Bonchev–Trinajstić information content (AvgIpc) is 2.75. The predicted octanol–water partition coefficient (Wildman–Crippen LogP) is 2.10. The lowest BCUT2D eigenvalue weighted by Gasteiger charge is -1.86. The molecule has 0 aliphatic heterocycles. The van der Waals surface area contributed by atoms with E-state index in [4.69, 9.17) is 0 Å². The number of thiophene rings is 1. The maximum Gasteiger partial charge on any atom is 0.165 e. The van der Waals surface area contributed by atoms with Gasteiger partial charge in [-0.25, -0.2) is 4.98 Å². The van der Waals surface area contributed by atoms with Crippen LogP contribution in [0.2, 0.25) is 0 Å². The molecule has 2 rings (SSSR count). The van der Waals surface area contributed by atoms with Gasteiger partial charge in [-0.15, -0.1) is 11.3 Å². The molecule has 0 saturated carbocycles. The molecule has 0 radical (unpaired) electrons. The number of hydrogen-bond donors (Lipinski definition) is 1. The number of rotatable bonds is 2. The minimum Gasteiger partial charge on any atom is -0.259 e. The number of nitrogens with one attached hydrogen (secondary N) is 1. The number of aryl methyl sites for hydroxylation is 1. The highest BCUT2D eigenvalue weighted by Crippen LogP contribution is 2.24. The van der Waals surface area contributed by atoms with Crippen LogP contribution < -0.4 is 0 Å². The Morgan fingerprint density at radius 2 is 2.42 bits per heavy atom. The summed E-state index contributed by atoms with van der Waals surface area (Å²) in [5.74, 6) is 0.861. The van der Waals surface area contributed by atoms with Crippen molar-refractivity contribution in [2.24, 2.45) is 0 Å². The van der Waals surface area contributed by atoms with Crippen molar-refractivity contribution in [3.8, 4) is 10.7 Å². The van der Waals surface area contributed by atoms with Crippen LogP contribution in [0.25, 0.3) is 10.7 Å². The molecule has 0 bridgehead atoms. The minimum atomic E-state index is 0.861. The molecule has 0 saturated heterocycles. The normalized spacial score (nSPS) is 10.4. The Kier molecular flexibility index (Phi) is 1.91. The summed E-state index contributed by atoms with van der Waals surface area (Å²) in [4.78, 5) is 6.61. The summed E-state index contributed by atoms with van der Waals surface area (Å²) in [5, 5.41) is 6.64. The molecular weight excluding hydrogens is 170 g/mol. The number of nitrogens with zero attached hydrogens (tertiary/aromatic N) is 2. The third-order valence-electron chi connectivity index (χ3n) is 1.66. The fourth-order valence-corrected chi connectivity index (χ4v) is 1.91. The number of aromatic nitrogens is 3. The van der Waals surface area contributed by atoms with Gasteiger partial charge in [-0.3, -0.25) is 5.10 Å². The first kappa shape index (κ1) is 7.49. The molecule has 0 fully saturated rings. The minimum absolute atomic E-state index is 0.861. The fourth-order valence-electron chi connectivity index (χ4n) is 1.02. The van der Waals surface area contributed by atoms with Crippen molar-refractivity contribution >= 4 is 11.3 Å². The van der Waals surface area contributed by atoms with E-state index >= 15 is 0 Å². The first-order valence-electron chi connectivity index (χ1n) is 3.84. The molecule has 0 atom stereocenters. The van der Waals surface area contributed by atoms with Crippen molar-refractivity contribution in [1.29, 1.82) is 0 Å². The first-order chi connectivity index (χ1) is 5.90. The molecule has 62 valence electrons. The van der Waals surface area contributed by atoms with Gasteiger partial charge in [-0.05, 0) is 18.6 Å². The molecular formula is C8H9N3S. The van der Waals surface area contributed by atoms with Crippen LogP contribution in [0.15, 0.2) is 18.5 Å². The van der Waals surface area contributed by atoms with Crippen molar-refractivity contribution in [2.45, 2.75) is 13.3 Å². The molecule has 0 aliphatic rings. The molecule has 0 spiro atoms. The molecule has 0 aromatic carbocycles. The quantitative estimate of drug-likeness (QED) is 0.767. The van der Waals surface area contributed by atoms with Gasteiger partial charge in [0.25, 0.3) is 0 Å². The van der Waals surface area contributed by atoms with E-state index in [2.05, 4.69) is 34.2 Å². The predicted molar refractivity (Wildman–Crippen MR) is 49.1 cm³/mol. The summed E-state index contributed by atoms with van der Waals surface area (Å²) in [6.07, 6.45) is 2.61. The molecule has 2 aromatic heterocycles. The first-order valence-corrected chi connectivity index (χ1v) is 4.66. The lowest BCUT2D eigenvalue weighted by Crippen LogP contribution is -1.73. The maximum atomic E-state index is 4.08. The second-order valence-corrected chi connectivity index (χ2v) is 3.62. The highest BCUT2D eigenvalue weighted by Gasteiger charge is 2.02. The van der Waals surface area contributed by atoms with Gasteiger partial charge in [-0.1, -0.05) is 6.92 Å². The van der Waals surface area contributed by atoms with Gasteiger partial charge in [0.15, 0.2) is 5.82 Å². The zero-order chi connectivity index (χ0) is 8.39. The van der Waals surface area contributed by atoms with Crippen LogP contribution in [0.3, 0.4) is 0 Å². The maximum absolute atomic E-state index is 4.08. The van der Waals surface area contributed by atoms with Crippen molar-refractivity contribution in [1.82, 2.24) is 15.2 Å². The Labute approximate surface area is 74.5 Å². The molecule has 2 heterocycles. The molecule has 0 amide bonds. The van der Waals surface area contributed by atoms with E-state index in [9.17, 15) is 0 Å². The van der Waals surface area contributed by atoms with Gasteiger partial charge in [0.2, 0.25) is 0 Å². The Balaban J connectivity index is 2.35. The zero-order valence-corrected chi connectivity index (χ0v) is 7.56. The summed E-state index contributed by atoms with van der Waals surface area (Å²) in [6, 6.07) is 4.20. The van der Waals surface area contributed by atoms with Crippen molar-refractivity contribution in [3.63, 3.8) is 0 Å². The second-order valence-electron chi connectivity index (χ2n) is 2.45. The Bertz CT molecular complexity index is 350. The Morgan fingerprint density at radius 3 is 3.00 bits per heavy atom. The third kappa shape index (κ3) is 1.25. The van der Waals surface area contributed by atoms with E-state index in [1.807, 2.05) is 0 Å². The average molecular weight is 179 g/mol.